The van der Waals surface area contributed by atoms with Gasteiger partial charge in [-0.2, -0.15) is 0 Å². The topological polar surface area (TPSA) is 77.8 Å². The number of benzene rings is 2. The fraction of sp³-hybridized carbons (Fsp3) is 0. The monoisotopic (exact) mass is 364 g/mol. The normalized spacial score (nSPS) is 10.6. The molecule has 2 aromatic heterocycles. The molecular weight excluding hydrogens is 352 g/mol. The Hall–Kier alpha value is -1.16. The second-order valence-corrected chi connectivity index (χ2v) is 7.95. The number of thiazole rings is 2. The number of aromatic nitrogens is 2. The maximum atomic E-state index is 5.38. The number of nitrogens with two attached hydrogens (primary N) is 2. The minimum absolute atomic E-state index is 0.922. The van der Waals surface area contributed by atoms with Crippen molar-refractivity contribution in [1.82, 2.24) is 9.97 Å². The van der Waals surface area contributed by atoms with Gasteiger partial charge in [-0.05, 0) is 48.2 Å². The lowest BCUT2D eigenvalue weighted by Gasteiger charge is -1.80. The Kier molecular flexibility index (Phi) is 5.29. The van der Waals surface area contributed by atoms with Crippen molar-refractivity contribution in [2.75, 3.05) is 0 Å². The zero-order valence-corrected chi connectivity index (χ0v) is 14.6. The number of rotatable bonds is 2. The van der Waals surface area contributed by atoms with Gasteiger partial charge in [-0.1, -0.05) is 24.3 Å². The molecule has 2 aromatic carbocycles. The molecule has 0 aliphatic rings. The van der Waals surface area contributed by atoms with E-state index in [0.29, 0.717) is 0 Å². The molecule has 22 heavy (non-hydrogen) atoms. The van der Waals surface area contributed by atoms with Crippen LogP contribution in [0.15, 0.2) is 57.2 Å². The molecule has 0 unspecified atom stereocenters. The van der Waals surface area contributed by atoms with Gasteiger partial charge in [-0.25, -0.2) is 9.97 Å². The zero-order valence-electron chi connectivity index (χ0n) is 11.3. The first kappa shape index (κ1) is 15.7. The van der Waals surface area contributed by atoms with Crippen LogP contribution >= 0.6 is 46.6 Å². The second-order valence-electron chi connectivity index (χ2n) is 4.13. The molecule has 8 heteroatoms. The zero-order chi connectivity index (χ0) is 15.4. The predicted octanol–water partition coefficient (Wildman–Crippen LogP) is 4.52. The SMILES string of the molecule is NSc1nc2ccccc2s1.NSc1nc2ccccc2s1. The molecule has 0 amide bonds. The van der Waals surface area contributed by atoms with Gasteiger partial charge in [0.25, 0.3) is 0 Å². The number of fused-ring (bicyclic) bond motifs is 2. The highest BCUT2D eigenvalue weighted by Crippen LogP contribution is 2.26. The van der Waals surface area contributed by atoms with E-state index in [0.717, 1.165) is 19.7 Å². The first-order valence-corrected chi connectivity index (χ1v) is 9.64. The highest BCUT2D eigenvalue weighted by atomic mass is 32.2. The molecule has 0 aliphatic carbocycles. The summed E-state index contributed by atoms with van der Waals surface area (Å²) in [5, 5.41) is 10.8. The van der Waals surface area contributed by atoms with E-state index in [9.17, 15) is 0 Å². The lowest BCUT2D eigenvalue weighted by molar-refractivity contribution is 1.30. The molecule has 0 radical (unpaired) electrons. The van der Waals surface area contributed by atoms with E-state index < -0.39 is 0 Å². The Bertz CT molecular complexity index is 746. The first-order valence-electron chi connectivity index (χ1n) is 6.25. The smallest absolute Gasteiger partial charge is 0.165 e. The molecule has 4 N–H and O–H groups in total. The molecule has 0 bridgehead atoms. The lowest BCUT2D eigenvalue weighted by Crippen LogP contribution is -1.75. The van der Waals surface area contributed by atoms with Crippen LogP contribution in [-0.2, 0) is 0 Å². The van der Waals surface area contributed by atoms with E-state index in [1.807, 2.05) is 48.5 Å². The molecule has 0 spiro atoms. The van der Waals surface area contributed by atoms with Gasteiger partial charge in [0.05, 0.1) is 20.4 Å². The summed E-state index contributed by atoms with van der Waals surface area (Å²) >= 11 is 5.65. The average molecular weight is 365 g/mol. The molecule has 0 saturated heterocycles. The fourth-order valence-electron chi connectivity index (χ4n) is 1.80. The van der Waals surface area contributed by atoms with Crippen LogP contribution < -0.4 is 10.3 Å². The molecule has 0 saturated carbocycles. The van der Waals surface area contributed by atoms with Crippen molar-refractivity contribution in [2.24, 2.45) is 10.3 Å². The molecule has 2 heterocycles. The Morgan fingerprint density at radius 2 is 1.09 bits per heavy atom. The van der Waals surface area contributed by atoms with Gasteiger partial charge in [0, 0.05) is 0 Å². The van der Waals surface area contributed by atoms with Gasteiger partial charge in [0.1, 0.15) is 0 Å². The third-order valence-corrected chi connectivity index (χ3v) is 6.08. The largest absolute Gasteiger partial charge is 0.272 e. The van der Waals surface area contributed by atoms with Crippen molar-refractivity contribution in [2.45, 2.75) is 8.68 Å². The highest BCUT2D eigenvalue weighted by Gasteiger charge is 2.00. The van der Waals surface area contributed by atoms with Crippen molar-refractivity contribution < 1.29 is 0 Å². The molecule has 4 nitrogen and oxygen atoms in total. The van der Waals surface area contributed by atoms with Crippen LogP contribution in [0.1, 0.15) is 0 Å². The van der Waals surface area contributed by atoms with E-state index in [4.69, 9.17) is 10.3 Å². The molecule has 0 fully saturated rings. The Morgan fingerprint density at radius 3 is 1.45 bits per heavy atom. The summed E-state index contributed by atoms with van der Waals surface area (Å²) in [6.45, 7) is 0. The van der Waals surface area contributed by atoms with Crippen LogP contribution in [0.2, 0.25) is 0 Å². The van der Waals surface area contributed by atoms with Gasteiger partial charge in [-0.3, -0.25) is 10.3 Å². The lowest BCUT2D eigenvalue weighted by atomic mass is 10.3. The van der Waals surface area contributed by atoms with Gasteiger partial charge in [0.15, 0.2) is 8.68 Å². The third-order valence-electron chi connectivity index (χ3n) is 2.75. The van der Waals surface area contributed by atoms with Crippen LogP contribution in [0.5, 0.6) is 0 Å². The van der Waals surface area contributed by atoms with Crippen molar-refractivity contribution in [3.8, 4) is 0 Å². The minimum Gasteiger partial charge on any atom is -0.272 e. The molecule has 0 atom stereocenters. The maximum Gasteiger partial charge on any atom is 0.165 e. The van der Waals surface area contributed by atoms with E-state index in [2.05, 4.69) is 9.97 Å². The summed E-state index contributed by atoms with van der Waals surface area (Å²) in [5.41, 5.74) is 2.07. The van der Waals surface area contributed by atoms with Crippen molar-refractivity contribution in [1.29, 1.82) is 0 Å². The summed E-state index contributed by atoms with van der Waals surface area (Å²) in [5.74, 6) is 0. The van der Waals surface area contributed by atoms with Crippen LogP contribution in [0, 0.1) is 0 Å². The quantitative estimate of drug-likeness (QED) is 0.509. The minimum atomic E-state index is 0.922. The van der Waals surface area contributed by atoms with Gasteiger partial charge < -0.3 is 0 Å². The summed E-state index contributed by atoms with van der Waals surface area (Å²) in [7, 11) is 0. The van der Waals surface area contributed by atoms with Crippen molar-refractivity contribution >= 4 is 67.0 Å². The van der Waals surface area contributed by atoms with Gasteiger partial charge in [0.2, 0.25) is 0 Å². The molecule has 0 aliphatic heterocycles. The molecular formula is C14H12N4S4. The Labute approximate surface area is 144 Å². The summed E-state index contributed by atoms with van der Waals surface area (Å²) in [6.07, 6.45) is 0. The summed E-state index contributed by atoms with van der Waals surface area (Å²) < 4.78 is 4.23. The number of para-hydroxylation sites is 2. The average Bonchev–Trinajstić information content (AvgIpc) is 3.18. The van der Waals surface area contributed by atoms with E-state index >= 15 is 0 Å². The highest BCUT2D eigenvalue weighted by molar-refractivity contribution is 7.99. The number of hydrogen-bond acceptors (Lipinski definition) is 8. The van der Waals surface area contributed by atoms with Crippen molar-refractivity contribution in [3.05, 3.63) is 48.5 Å². The Morgan fingerprint density at radius 1 is 0.682 bits per heavy atom. The third kappa shape index (κ3) is 3.60. The van der Waals surface area contributed by atoms with E-state index in [1.54, 1.807) is 22.7 Å². The molecule has 4 aromatic rings. The van der Waals surface area contributed by atoms with Crippen LogP contribution in [-0.4, -0.2) is 9.97 Å². The number of hydrogen-bond donors (Lipinski definition) is 2. The summed E-state index contributed by atoms with van der Waals surface area (Å²) in [4.78, 5) is 8.58. The van der Waals surface area contributed by atoms with Gasteiger partial charge in [-0.15, -0.1) is 22.7 Å². The van der Waals surface area contributed by atoms with Gasteiger partial charge >= 0.3 is 0 Å². The predicted molar refractivity (Wildman–Crippen MR) is 99.3 cm³/mol. The summed E-state index contributed by atoms with van der Waals surface area (Å²) in [6, 6.07) is 16.0. The van der Waals surface area contributed by atoms with Crippen LogP contribution in [0.3, 0.4) is 0 Å². The van der Waals surface area contributed by atoms with E-state index in [-0.39, 0.29) is 0 Å². The molecule has 112 valence electrons. The van der Waals surface area contributed by atoms with Crippen LogP contribution in [0.25, 0.3) is 20.4 Å². The van der Waals surface area contributed by atoms with Crippen molar-refractivity contribution in [3.63, 3.8) is 0 Å². The van der Waals surface area contributed by atoms with E-state index in [1.165, 1.54) is 33.3 Å². The maximum absolute atomic E-state index is 5.38. The molecule has 4 rings (SSSR count). The first-order chi connectivity index (χ1) is 10.8. The number of nitrogens with zero attached hydrogens (tertiary/aromatic N) is 2. The fourth-order valence-corrected chi connectivity index (χ4v) is 4.42. The second kappa shape index (κ2) is 7.40. The van der Waals surface area contributed by atoms with Crippen LogP contribution in [0.4, 0.5) is 0 Å². The standard InChI is InChI=1S/2C7H6N2S2/c2*8-11-7-9-5-3-1-2-4-6(5)10-7/h2*1-4H,8H2. The Balaban J connectivity index is 0.000000131.